The van der Waals surface area contributed by atoms with Gasteiger partial charge in [0.25, 0.3) is 5.91 Å². The Labute approximate surface area is 118 Å². The van der Waals surface area contributed by atoms with E-state index in [0.29, 0.717) is 24.0 Å². The van der Waals surface area contributed by atoms with Crippen molar-refractivity contribution in [3.05, 3.63) is 59.8 Å². The Morgan fingerprint density at radius 3 is 2.70 bits per heavy atom. The highest BCUT2D eigenvalue weighted by Crippen LogP contribution is 2.25. The molecule has 20 heavy (non-hydrogen) atoms. The van der Waals surface area contributed by atoms with E-state index in [2.05, 4.69) is 15.6 Å². The molecule has 0 bridgehead atoms. The first-order valence-corrected chi connectivity index (χ1v) is 6.86. The number of benzene rings is 1. The molecule has 0 atom stereocenters. The number of carbonyl (C=O) groups excluding carboxylic acids is 1. The van der Waals surface area contributed by atoms with Crippen molar-refractivity contribution < 1.29 is 4.79 Å². The average Bonchev–Trinajstić information content (AvgIpc) is 3.30. The third-order valence-corrected chi connectivity index (χ3v) is 3.27. The molecule has 1 amide bonds. The fourth-order valence-electron chi connectivity index (χ4n) is 2.00. The number of carbonyl (C=O) groups is 1. The molecule has 0 saturated heterocycles. The monoisotopic (exact) mass is 267 g/mol. The summed E-state index contributed by atoms with van der Waals surface area (Å²) in [5.74, 6) is 0.589. The van der Waals surface area contributed by atoms with E-state index in [1.54, 1.807) is 18.3 Å². The van der Waals surface area contributed by atoms with Crippen molar-refractivity contribution in [3.8, 4) is 0 Å². The zero-order valence-corrected chi connectivity index (χ0v) is 11.2. The average molecular weight is 267 g/mol. The predicted octanol–water partition coefficient (Wildman–Crippen LogP) is 2.59. The van der Waals surface area contributed by atoms with Gasteiger partial charge in [0.1, 0.15) is 5.82 Å². The number of anilines is 1. The van der Waals surface area contributed by atoms with Crippen LogP contribution < -0.4 is 10.6 Å². The maximum Gasteiger partial charge on any atom is 0.255 e. The second-order valence-electron chi connectivity index (χ2n) is 4.99. The third kappa shape index (κ3) is 3.15. The molecule has 1 aromatic carbocycles. The minimum atomic E-state index is -0.0925. The van der Waals surface area contributed by atoms with Gasteiger partial charge in [0, 0.05) is 18.8 Å². The van der Waals surface area contributed by atoms with Gasteiger partial charge in [0.2, 0.25) is 0 Å². The molecule has 1 aromatic heterocycles. The second kappa shape index (κ2) is 5.74. The molecule has 2 aromatic rings. The largest absolute Gasteiger partial charge is 0.367 e. The lowest BCUT2D eigenvalue weighted by Gasteiger charge is -2.10. The second-order valence-corrected chi connectivity index (χ2v) is 4.99. The van der Waals surface area contributed by atoms with E-state index in [1.165, 1.54) is 0 Å². The molecule has 3 rings (SSSR count). The van der Waals surface area contributed by atoms with Crippen molar-refractivity contribution in [1.82, 2.24) is 10.3 Å². The summed E-state index contributed by atoms with van der Waals surface area (Å²) in [7, 11) is 0. The lowest BCUT2D eigenvalue weighted by Crippen LogP contribution is -2.24. The van der Waals surface area contributed by atoms with Crippen LogP contribution in [0.25, 0.3) is 0 Å². The van der Waals surface area contributed by atoms with Crippen LogP contribution >= 0.6 is 0 Å². The maximum absolute atomic E-state index is 12.2. The lowest BCUT2D eigenvalue weighted by atomic mass is 10.2. The van der Waals surface area contributed by atoms with Gasteiger partial charge in [0.15, 0.2) is 0 Å². The Morgan fingerprint density at radius 2 is 1.95 bits per heavy atom. The topological polar surface area (TPSA) is 54.0 Å². The van der Waals surface area contributed by atoms with Gasteiger partial charge in [0.05, 0.1) is 5.56 Å². The normalized spacial score (nSPS) is 13.8. The van der Waals surface area contributed by atoms with Crippen LogP contribution in [-0.4, -0.2) is 16.9 Å². The molecule has 4 nitrogen and oxygen atoms in total. The summed E-state index contributed by atoms with van der Waals surface area (Å²) in [6.45, 7) is 0.525. The van der Waals surface area contributed by atoms with Crippen LogP contribution in [0, 0.1) is 0 Å². The molecule has 1 aliphatic rings. The van der Waals surface area contributed by atoms with Gasteiger partial charge in [-0.05, 0) is 30.5 Å². The van der Waals surface area contributed by atoms with E-state index in [4.69, 9.17) is 0 Å². The number of amides is 1. The summed E-state index contributed by atoms with van der Waals surface area (Å²) >= 11 is 0. The van der Waals surface area contributed by atoms with Gasteiger partial charge in [-0.25, -0.2) is 4.98 Å². The Hall–Kier alpha value is -2.36. The molecule has 1 aliphatic carbocycles. The quantitative estimate of drug-likeness (QED) is 0.875. The van der Waals surface area contributed by atoms with Gasteiger partial charge in [-0.2, -0.15) is 0 Å². The zero-order chi connectivity index (χ0) is 13.8. The van der Waals surface area contributed by atoms with Crippen LogP contribution in [0.4, 0.5) is 5.82 Å². The molecular formula is C16H17N3O. The molecule has 4 heteroatoms. The first kappa shape index (κ1) is 12.7. The first-order chi connectivity index (χ1) is 9.83. The van der Waals surface area contributed by atoms with Crippen LogP contribution in [0.5, 0.6) is 0 Å². The lowest BCUT2D eigenvalue weighted by molar-refractivity contribution is 0.0951. The summed E-state index contributed by atoms with van der Waals surface area (Å²) in [5, 5.41) is 6.22. The number of hydrogen-bond acceptors (Lipinski definition) is 3. The minimum absolute atomic E-state index is 0.0925. The van der Waals surface area contributed by atoms with Gasteiger partial charge >= 0.3 is 0 Å². The smallest absolute Gasteiger partial charge is 0.255 e. The SMILES string of the molecule is O=C(NCc1ccccc1)c1cccnc1NC1CC1. The van der Waals surface area contributed by atoms with Crippen LogP contribution in [0.1, 0.15) is 28.8 Å². The molecule has 0 unspecified atom stereocenters. The van der Waals surface area contributed by atoms with Gasteiger partial charge in [-0.1, -0.05) is 30.3 Å². The van der Waals surface area contributed by atoms with E-state index in [0.717, 1.165) is 18.4 Å². The molecule has 0 aliphatic heterocycles. The Balaban J connectivity index is 1.67. The number of pyridine rings is 1. The number of nitrogens with zero attached hydrogens (tertiary/aromatic N) is 1. The van der Waals surface area contributed by atoms with Crippen LogP contribution in [0.2, 0.25) is 0 Å². The number of nitrogens with one attached hydrogen (secondary N) is 2. The first-order valence-electron chi connectivity index (χ1n) is 6.86. The van der Waals surface area contributed by atoms with Crippen molar-refractivity contribution in [2.24, 2.45) is 0 Å². The summed E-state index contributed by atoms with van der Waals surface area (Å²) < 4.78 is 0. The van der Waals surface area contributed by atoms with E-state index in [9.17, 15) is 4.79 Å². The zero-order valence-electron chi connectivity index (χ0n) is 11.2. The molecule has 102 valence electrons. The molecule has 2 N–H and O–H groups in total. The van der Waals surface area contributed by atoms with Crippen LogP contribution in [0.15, 0.2) is 48.7 Å². The van der Waals surface area contributed by atoms with Crippen molar-refractivity contribution >= 4 is 11.7 Å². The standard InChI is InChI=1S/C16H17N3O/c20-16(18-11-12-5-2-1-3-6-12)14-7-4-10-17-15(14)19-13-8-9-13/h1-7,10,13H,8-9,11H2,(H,17,19)(H,18,20). The summed E-state index contributed by atoms with van der Waals surface area (Å²) in [6, 6.07) is 13.9. The van der Waals surface area contributed by atoms with Gasteiger partial charge < -0.3 is 10.6 Å². The molecular weight excluding hydrogens is 250 g/mol. The minimum Gasteiger partial charge on any atom is -0.367 e. The van der Waals surface area contributed by atoms with E-state index in [1.807, 2.05) is 30.3 Å². The van der Waals surface area contributed by atoms with Gasteiger partial charge in [-0.3, -0.25) is 4.79 Å². The Bertz CT molecular complexity index is 594. The summed E-state index contributed by atoms with van der Waals surface area (Å²) in [4.78, 5) is 16.5. The molecule has 1 saturated carbocycles. The predicted molar refractivity (Wildman–Crippen MR) is 78.5 cm³/mol. The Kier molecular flexibility index (Phi) is 3.63. The third-order valence-electron chi connectivity index (χ3n) is 3.27. The molecule has 1 fully saturated rings. The summed E-state index contributed by atoms with van der Waals surface area (Å²) in [6.07, 6.45) is 4.02. The van der Waals surface area contributed by atoms with Crippen LogP contribution in [-0.2, 0) is 6.54 Å². The highest BCUT2D eigenvalue weighted by atomic mass is 16.1. The number of hydrogen-bond donors (Lipinski definition) is 2. The van der Waals surface area contributed by atoms with Gasteiger partial charge in [-0.15, -0.1) is 0 Å². The number of rotatable bonds is 5. The summed E-state index contributed by atoms with van der Waals surface area (Å²) in [5.41, 5.74) is 1.69. The van der Waals surface area contributed by atoms with E-state index >= 15 is 0 Å². The maximum atomic E-state index is 12.2. The van der Waals surface area contributed by atoms with Crippen molar-refractivity contribution in [2.45, 2.75) is 25.4 Å². The molecule has 0 spiro atoms. The fraction of sp³-hybridized carbons (Fsp3) is 0.250. The van der Waals surface area contributed by atoms with Crippen molar-refractivity contribution in [3.63, 3.8) is 0 Å². The highest BCUT2D eigenvalue weighted by Gasteiger charge is 2.23. The Morgan fingerprint density at radius 1 is 1.15 bits per heavy atom. The number of aromatic nitrogens is 1. The van der Waals surface area contributed by atoms with Crippen LogP contribution in [0.3, 0.4) is 0 Å². The fourth-order valence-corrected chi connectivity index (χ4v) is 2.00. The van der Waals surface area contributed by atoms with E-state index < -0.39 is 0 Å². The molecule has 0 radical (unpaired) electrons. The highest BCUT2D eigenvalue weighted by molar-refractivity contribution is 5.98. The van der Waals surface area contributed by atoms with Crippen molar-refractivity contribution in [2.75, 3.05) is 5.32 Å². The van der Waals surface area contributed by atoms with Crippen molar-refractivity contribution in [1.29, 1.82) is 0 Å². The van der Waals surface area contributed by atoms with E-state index in [-0.39, 0.29) is 5.91 Å². The molecule has 1 heterocycles.